The minimum atomic E-state index is -4.73. The van der Waals surface area contributed by atoms with Crippen molar-refractivity contribution in [2.75, 3.05) is 17.9 Å². The summed E-state index contributed by atoms with van der Waals surface area (Å²) in [6, 6.07) is 5.30. The molecule has 0 aromatic heterocycles. The standard InChI is InChI=1S/C16H12F3NO6S/c17-16(18,19)9-2-1-3-10(6-9)27(23,24)20-12-8-14-13(25-4-5-26-14)7-11(12)15(21)22/h1-3,6-8,20H,4-5H2,(H,21,22). The molecule has 144 valence electrons. The van der Waals surface area contributed by atoms with Crippen LogP contribution in [0.1, 0.15) is 15.9 Å². The minimum absolute atomic E-state index is 0.119. The Morgan fingerprint density at radius 2 is 1.70 bits per heavy atom. The number of halogens is 3. The number of hydrogen-bond donors (Lipinski definition) is 2. The summed E-state index contributed by atoms with van der Waals surface area (Å²) in [5, 5.41) is 9.31. The second-order valence-corrected chi connectivity index (χ2v) is 7.16. The van der Waals surface area contributed by atoms with Crippen molar-refractivity contribution >= 4 is 21.7 Å². The van der Waals surface area contributed by atoms with Crippen molar-refractivity contribution in [2.24, 2.45) is 0 Å². The van der Waals surface area contributed by atoms with Gasteiger partial charge in [0.15, 0.2) is 11.5 Å². The third-order valence-electron chi connectivity index (χ3n) is 3.63. The fourth-order valence-electron chi connectivity index (χ4n) is 2.39. The highest BCUT2D eigenvalue weighted by Crippen LogP contribution is 2.37. The summed E-state index contributed by atoms with van der Waals surface area (Å²) < 4.78 is 75.9. The molecule has 3 rings (SSSR count). The molecule has 11 heteroatoms. The molecule has 0 bridgehead atoms. The van der Waals surface area contributed by atoms with Crippen LogP contribution in [-0.2, 0) is 16.2 Å². The van der Waals surface area contributed by atoms with Gasteiger partial charge in [-0.15, -0.1) is 0 Å². The van der Waals surface area contributed by atoms with Gasteiger partial charge in [-0.2, -0.15) is 13.2 Å². The quantitative estimate of drug-likeness (QED) is 0.814. The predicted octanol–water partition coefficient (Wildman–Crippen LogP) is 2.98. The van der Waals surface area contributed by atoms with Gasteiger partial charge in [-0.05, 0) is 18.2 Å². The fourth-order valence-corrected chi connectivity index (χ4v) is 3.51. The van der Waals surface area contributed by atoms with Crippen LogP contribution in [0.2, 0.25) is 0 Å². The molecule has 2 aromatic rings. The Hall–Kier alpha value is -2.95. The summed E-state index contributed by atoms with van der Waals surface area (Å²) >= 11 is 0. The van der Waals surface area contributed by atoms with E-state index in [2.05, 4.69) is 0 Å². The Morgan fingerprint density at radius 1 is 1.07 bits per heavy atom. The Balaban J connectivity index is 2.02. The van der Waals surface area contributed by atoms with Crippen LogP contribution < -0.4 is 14.2 Å². The number of carboxylic acids is 1. The lowest BCUT2D eigenvalue weighted by molar-refractivity contribution is -0.137. The van der Waals surface area contributed by atoms with E-state index < -0.39 is 38.2 Å². The van der Waals surface area contributed by atoms with E-state index in [0.717, 1.165) is 30.3 Å². The van der Waals surface area contributed by atoms with Crippen LogP contribution in [-0.4, -0.2) is 32.7 Å². The van der Waals surface area contributed by atoms with Crippen LogP contribution in [0.3, 0.4) is 0 Å². The van der Waals surface area contributed by atoms with Gasteiger partial charge in [0.1, 0.15) is 13.2 Å². The van der Waals surface area contributed by atoms with Crippen molar-refractivity contribution in [2.45, 2.75) is 11.1 Å². The fraction of sp³-hybridized carbons (Fsp3) is 0.188. The zero-order valence-corrected chi connectivity index (χ0v) is 14.2. The molecule has 0 aliphatic carbocycles. The molecule has 27 heavy (non-hydrogen) atoms. The molecule has 1 aliphatic rings. The molecule has 2 N–H and O–H groups in total. The molecule has 2 aromatic carbocycles. The van der Waals surface area contributed by atoms with E-state index >= 15 is 0 Å². The molecule has 0 saturated carbocycles. The number of alkyl halides is 3. The molecule has 0 fully saturated rings. The minimum Gasteiger partial charge on any atom is -0.486 e. The number of benzene rings is 2. The van der Waals surface area contributed by atoms with Crippen molar-refractivity contribution in [1.82, 2.24) is 0 Å². The smallest absolute Gasteiger partial charge is 0.416 e. The Kier molecular flexibility index (Phi) is 4.64. The summed E-state index contributed by atoms with van der Waals surface area (Å²) in [4.78, 5) is 10.8. The van der Waals surface area contributed by atoms with Crippen LogP contribution in [0.25, 0.3) is 0 Å². The molecule has 0 atom stereocenters. The summed E-state index contributed by atoms with van der Waals surface area (Å²) in [5.74, 6) is -1.21. The number of nitrogens with one attached hydrogen (secondary N) is 1. The summed E-state index contributed by atoms with van der Waals surface area (Å²) in [6.07, 6.45) is -4.73. The van der Waals surface area contributed by atoms with Crippen LogP contribution in [0.15, 0.2) is 41.3 Å². The van der Waals surface area contributed by atoms with Gasteiger partial charge >= 0.3 is 12.1 Å². The van der Waals surface area contributed by atoms with E-state index in [1.165, 1.54) is 0 Å². The molecule has 1 aliphatic heterocycles. The topological polar surface area (TPSA) is 102 Å². The van der Waals surface area contributed by atoms with Gasteiger partial charge in [0, 0.05) is 12.1 Å². The summed E-state index contributed by atoms with van der Waals surface area (Å²) in [7, 11) is -4.49. The normalized spacial score (nSPS) is 13.9. The van der Waals surface area contributed by atoms with E-state index in [4.69, 9.17) is 9.47 Å². The highest BCUT2D eigenvalue weighted by atomic mass is 32.2. The lowest BCUT2D eigenvalue weighted by Gasteiger charge is -2.20. The largest absolute Gasteiger partial charge is 0.486 e. The van der Waals surface area contributed by atoms with Crippen LogP contribution in [0, 0.1) is 0 Å². The zero-order valence-electron chi connectivity index (χ0n) is 13.4. The van der Waals surface area contributed by atoms with Crippen molar-refractivity contribution in [3.63, 3.8) is 0 Å². The second-order valence-electron chi connectivity index (χ2n) is 5.48. The summed E-state index contributed by atoms with van der Waals surface area (Å²) in [5.41, 5.74) is -1.94. The zero-order chi connectivity index (χ0) is 19.8. The number of rotatable bonds is 4. The Morgan fingerprint density at radius 3 is 2.30 bits per heavy atom. The maximum atomic E-state index is 12.8. The molecule has 0 amide bonds. The molecular weight excluding hydrogens is 391 g/mol. The maximum Gasteiger partial charge on any atom is 0.416 e. The first-order valence-corrected chi connectivity index (χ1v) is 8.93. The number of sulfonamides is 1. The van der Waals surface area contributed by atoms with Gasteiger partial charge in [-0.1, -0.05) is 6.07 Å². The highest BCUT2D eigenvalue weighted by Gasteiger charge is 2.32. The van der Waals surface area contributed by atoms with Gasteiger partial charge < -0.3 is 14.6 Å². The molecule has 0 spiro atoms. The van der Waals surface area contributed by atoms with Crippen LogP contribution in [0.4, 0.5) is 18.9 Å². The average molecular weight is 403 g/mol. The van der Waals surface area contributed by atoms with Gasteiger partial charge in [-0.3, -0.25) is 4.72 Å². The van der Waals surface area contributed by atoms with E-state index in [1.54, 1.807) is 0 Å². The third kappa shape index (κ3) is 3.92. The van der Waals surface area contributed by atoms with E-state index in [0.29, 0.717) is 6.07 Å². The van der Waals surface area contributed by atoms with E-state index in [-0.39, 0.29) is 30.4 Å². The average Bonchev–Trinajstić information content (AvgIpc) is 2.60. The SMILES string of the molecule is O=C(O)c1cc2c(cc1NS(=O)(=O)c1cccc(C(F)(F)F)c1)OCCO2. The molecular formula is C16H12F3NO6S. The third-order valence-corrected chi connectivity index (χ3v) is 4.99. The highest BCUT2D eigenvalue weighted by molar-refractivity contribution is 7.92. The van der Waals surface area contributed by atoms with Crippen molar-refractivity contribution in [1.29, 1.82) is 0 Å². The molecule has 7 nitrogen and oxygen atoms in total. The number of ether oxygens (including phenoxy) is 2. The Bertz CT molecular complexity index is 1000. The summed E-state index contributed by atoms with van der Waals surface area (Å²) in [6.45, 7) is 0.376. The number of carboxylic acid groups (broad SMARTS) is 1. The monoisotopic (exact) mass is 403 g/mol. The van der Waals surface area contributed by atoms with E-state index in [9.17, 15) is 31.5 Å². The first-order valence-electron chi connectivity index (χ1n) is 7.45. The first-order chi connectivity index (χ1) is 12.6. The van der Waals surface area contributed by atoms with Crippen LogP contribution in [0.5, 0.6) is 11.5 Å². The Labute approximate surface area is 151 Å². The molecule has 0 saturated heterocycles. The number of fused-ring (bicyclic) bond motifs is 1. The number of anilines is 1. The van der Waals surface area contributed by atoms with Gasteiger partial charge in [0.25, 0.3) is 10.0 Å². The van der Waals surface area contributed by atoms with Crippen molar-refractivity contribution in [3.05, 3.63) is 47.5 Å². The number of carbonyl (C=O) groups is 1. The van der Waals surface area contributed by atoms with Crippen LogP contribution >= 0.6 is 0 Å². The van der Waals surface area contributed by atoms with Gasteiger partial charge in [-0.25, -0.2) is 13.2 Å². The molecule has 0 radical (unpaired) electrons. The maximum absolute atomic E-state index is 12.8. The lowest BCUT2D eigenvalue weighted by Crippen LogP contribution is -2.19. The molecule has 1 heterocycles. The lowest BCUT2D eigenvalue weighted by atomic mass is 10.1. The van der Waals surface area contributed by atoms with Crippen molar-refractivity contribution in [3.8, 4) is 11.5 Å². The van der Waals surface area contributed by atoms with Gasteiger partial charge in [0.05, 0.1) is 21.7 Å². The van der Waals surface area contributed by atoms with E-state index in [1.807, 2.05) is 4.72 Å². The second kappa shape index (κ2) is 6.65. The first kappa shape index (κ1) is 18.8. The molecule has 0 unspecified atom stereocenters. The predicted molar refractivity (Wildman–Crippen MR) is 86.6 cm³/mol. The van der Waals surface area contributed by atoms with Gasteiger partial charge in [0.2, 0.25) is 0 Å². The number of hydrogen-bond acceptors (Lipinski definition) is 5. The van der Waals surface area contributed by atoms with Crippen molar-refractivity contribution < 1.29 is 41.0 Å². The number of aromatic carboxylic acids is 1.